The topological polar surface area (TPSA) is 54.3 Å². The Morgan fingerprint density at radius 3 is 2.29 bits per heavy atom. The highest BCUT2D eigenvalue weighted by molar-refractivity contribution is 7.80. The van der Waals surface area contributed by atoms with Crippen molar-refractivity contribution in [3.63, 3.8) is 0 Å². The summed E-state index contributed by atoms with van der Waals surface area (Å²) in [7, 11) is 0. The number of amides is 1. The lowest BCUT2D eigenvalue weighted by molar-refractivity contribution is -0.0672. The standard InChI is InChI=1S/C26H32N2O2S/c1-15-4-5-21(8-16(15)2)22-6-7-23(30-22)24(29)28-25(31)27-17(3)26-12-18-9-19(13-26)11-20(10-18)14-26/h4-8,17-20H,9-14H2,1-3H3,(H2,27,28,29,31). The zero-order chi connectivity index (χ0) is 21.8. The third-order valence-electron chi connectivity index (χ3n) is 8.20. The first kappa shape index (κ1) is 20.7. The van der Waals surface area contributed by atoms with Crippen LogP contribution in [0.5, 0.6) is 0 Å². The number of carbonyl (C=O) groups is 1. The molecule has 4 fully saturated rings. The smallest absolute Gasteiger partial charge is 0.293 e. The minimum Gasteiger partial charge on any atom is -0.451 e. The van der Waals surface area contributed by atoms with Gasteiger partial charge in [0.25, 0.3) is 5.91 Å². The van der Waals surface area contributed by atoms with E-state index in [-0.39, 0.29) is 17.7 Å². The van der Waals surface area contributed by atoms with E-state index in [1.807, 2.05) is 12.1 Å². The molecule has 2 N–H and O–H groups in total. The van der Waals surface area contributed by atoms with Crippen LogP contribution in [0.15, 0.2) is 34.7 Å². The van der Waals surface area contributed by atoms with E-state index in [1.54, 1.807) is 6.07 Å². The van der Waals surface area contributed by atoms with E-state index in [0.717, 1.165) is 23.3 Å². The van der Waals surface area contributed by atoms with E-state index >= 15 is 0 Å². The summed E-state index contributed by atoms with van der Waals surface area (Å²) >= 11 is 5.51. The average Bonchev–Trinajstić information content (AvgIpc) is 3.19. The van der Waals surface area contributed by atoms with Gasteiger partial charge in [0.2, 0.25) is 0 Å². The molecular formula is C26H32N2O2S. The van der Waals surface area contributed by atoms with Crippen molar-refractivity contribution in [2.24, 2.45) is 23.2 Å². The van der Waals surface area contributed by atoms with Crippen molar-refractivity contribution in [2.75, 3.05) is 0 Å². The highest BCUT2D eigenvalue weighted by atomic mass is 32.1. The van der Waals surface area contributed by atoms with Gasteiger partial charge in [-0.2, -0.15) is 0 Å². The zero-order valence-corrected chi connectivity index (χ0v) is 19.5. The molecule has 0 spiro atoms. The molecule has 2 aromatic rings. The monoisotopic (exact) mass is 436 g/mol. The Labute approximate surface area is 190 Å². The Balaban J connectivity index is 1.21. The largest absolute Gasteiger partial charge is 0.451 e. The van der Waals surface area contributed by atoms with Crippen molar-refractivity contribution in [1.82, 2.24) is 10.6 Å². The molecule has 4 aliphatic rings. The van der Waals surface area contributed by atoms with Crippen molar-refractivity contribution >= 4 is 23.2 Å². The van der Waals surface area contributed by atoms with Gasteiger partial charge in [-0.05, 0) is 124 Å². The van der Waals surface area contributed by atoms with Gasteiger partial charge >= 0.3 is 0 Å². The number of hydrogen-bond acceptors (Lipinski definition) is 3. The molecule has 4 bridgehead atoms. The van der Waals surface area contributed by atoms with Gasteiger partial charge in [-0.3, -0.25) is 10.1 Å². The molecule has 6 rings (SSSR count). The number of nitrogens with one attached hydrogen (secondary N) is 2. The van der Waals surface area contributed by atoms with Crippen LogP contribution in [0.2, 0.25) is 0 Å². The maximum absolute atomic E-state index is 12.7. The molecule has 4 saturated carbocycles. The Kier molecular flexibility index (Phi) is 5.20. The Morgan fingerprint density at radius 2 is 1.68 bits per heavy atom. The van der Waals surface area contributed by atoms with Gasteiger partial charge in [0.15, 0.2) is 10.9 Å². The van der Waals surface area contributed by atoms with Gasteiger partial charge in [0.05, 0.1) is 0 Å². The Hall–Kier alpha value is -2.14. The maximum Gasteiger partial charge on any atom is 0.293 e. The molecule has 1 heterocycles. The van der Waals surface area contributed by atoms with Gasteiger partial charge in [0.1, 0.15) is 5.76 Å². The molecule has 1 amide bonds. The summed E-state index contributed by atoms with van der Waals surface area (Å²) in [6.07, 6.45) is 8.20. The molecule has 0 radical (unpaired) electrons. The fraction of sp³-hybridized carbons (Fsp3) is 0.538. The van der Waals surface area contributed by atoms with Crippen LogP contribution in [-0.4, -0.2) is 17.1 Å². The van der Waals surface area contributed by atoms with Gasteiger partial charge < -0.3 is 9.73 Å². The molecule has 1 aromatic heterocycles. The molecule has 31 heavy (non-hydrogen) atoms. The number of hydrogen-bond donors (Lipinski definition) is 2. The fourth-order valence-electron chi connectivity index (χ4n) is 6.77. The van der Waals surface area contributed by atoms with Gasteiger partial charge in [-0.15, -0.1) is 0 Å². The number of carbonyl (C=O) groups excluding carboxylic acids is 1. The highest BCUT2D eigenvalue weighted by Crippen LogP contribution is 2.61. The second-order valence-electron chi connectivity index (χ2n) is 10.4. The molecule has 5 heteroatoms. The molecule has 0 saturated heterocycles. The number of aryl methyl sites for hydroxylation is 2. The van der Waals surface area contributed by atoms with Crippen molar-refractivity contribution in [1.29, 1.82) is 0 Å². The lowest BCUT2D eigenvalue weighted by atomic mass is 9.48. The highest BCUT2D eigenvalue weighted by Gasteiger charge is 2.53. The first-order valence-electron chi connectivity index (χ1n) is 11.6. The number of benzene rings is 1. The van der Waals surface area contributed by atoms with Crippen LogP contribution in [0.1, 0.15) is 67.1 Å². The van der Waals surface area contributed by atoms with Crippen molar-refractivity contribution in [2.45, 2.75) is 65.3 Å². The summed E-state index contributed by atoms with van der Waals surface area (Å²) in [5.41, 5.74) is 3.74. The number of thiocarbonyl (C=S) groups is 1. The fourth-order valence-corrected chi connectivity index (χ4v) is 7.04. The van der Waals surface area contributed by atoms with Crippen molar-refractivity contribution in [3.05, 3.63) is 47.2 Å². The van der Waals surface area contributed by atoms with Crippen LogP contribution in [0, 0.1) is 37.0 Å². The van der Waals surface area contributed by atoms with Crippen LogP contribution in [0.25, 0.3) is 11.3 Å². The predicted molar refractivity (Wildman–Crippen MR) is 127 cm³/mol. The third-order valence-corrected chi connectivity index (χ3v) is 8.42. The third kappa shape index (κ3) is 3.93. The summed E-state index contributed by atoms with van der Waals surface area (Å²) in [6.45, 7) is 6.40. The van der Waals surface area contributed by atoms with Gasteiger partial charge in [-0.25, -0.2) is 0 Å². The predicted octanol–water partition coefficient (Wildman–Crippen LogP) is 5.77. The van der Waals surface area contributed by atoms with E-state index in [1.165, 1.54) is 49.7 Å². The van der Waals surface area contributed by atoms with Crippen LogP contribution in [0.3, 0.4) is 0 Å². The zero-order valence-electron chi connectivity index (χ0n) is 18.7. The molecule has 4 nitrogen and oxygen atoms in total. The van der Waals surface area contributed by atoms with E-state index in [2.05, 4.69) is 43.5 Å². The Morgan fingerprint density at radius 1 is 1.03 bits per heavy atom. The first-order chi connectivity index (χ1) is 14.8. The minimum absolute atomic E-state index is 0.274. The second kappa shape index (κ2) is 7.77. The molecule has 0 aliphatic heterocycles. The molecule has 4 aliphatic carbocycles. The normalized spacial score (nSPS) is 29.6. The van der Waals surface area contributed by atoms with Crippen LogP contribution >= 0.6 is 12.2 Å². The first-order valence-corrected chi connectivity index (χ1v) is 12.0. The van der Waals surface area contributed by atoms with Crippen LogP contribution < -0.4 is 10.6 Å². The molecule has 1 atom stereocenters. The SMILES string of the molecule is Cc1ccc(-c2ccc(C(=O)NC(=S)NC(C)C34CC5CC(CC(C5)C3)C4)o2)cc1C. The quantitative estimate of drug-likeness (QED) is 0.597. The van der Waals surface area contributed by atoms with Crippen molar-refractivity contribution < 1.29 is 9.21 Å². The lowest BCUT2D eigenvalue weighted by Gasteiger charge is -2.59. The van der Waals surface area contributed by atoms with Crippen LogP contribution in [-0.2, 0) is 0 Å². The molecule has 1 aromatic carbocycles. The van der Waals surface area contributed by atoms with E-state index in [0.29, 0.717) is 16.3 Å². The van der Waals surface area contributed by atoms with Gasteiger partial charge in [0, 0.05) is 11.6 Å². The van der Waals surface area contributed by atoms with E-state index in [9.17, 15) is 4.79 Å². The Bertz CT molecular complexity index is 989. The summed E-state index contributed by atoms with van der Waals surface area (Å²) < 4.78 is 5.83. The van der Waals surface area contributed by atoms with E-state index < -0.39 is 0 Å². The van der Waals surface area contributed by atoms with Crippen molar-refractivity contribution in [3.8, 4) is 11.3 Å². The summed E-state index contributed by atoms with van der Waals surface area (Å²) in [4.78, 5) is 12.7. The lowest BCUT2D eigenvalue weighted by Crippen LogP contribution is -2.57. The second-order valence-corrected chi connectivity index (χ2v) is 10.8. The number of furan rings is 1. The summed E-state index contributed by atoms with van der Waals surface area (Å²) in [6, 6.07) is 9.99. The maximum atomic E-state index is 12.7. The number of rotatable bonds is 4. The molecule has 1 unspecified atom stereocenters. The van der Waals surface area contributed by atoms with Gasteiger partial charge in [-0.1, -0.05) is 12.1 Å². The molecular weight excluding hydrogens is 404 g/mol. The minimum atomic E-state index is -0.301. The molecule has 164 valence electrons. The summed E-state index contributed by atoms with van der Waals surface area (Å²) in [5.74, 6) is 3.35. The van der Waals surface area contributed by atoms with Crippen LogP contribution in [0.4, 0.5) is 0 Å². The summed E-state index contributed by atoms with van der Waals surface area (Å²) in [5, 5.41) is 6.68. The van der Waals surface area contributed by atoms with E-state index in [4.69, 9.17) is 16.6 Å². The average molecular weight is 437 g/mol.